The maximum Gasteiger partial charge on any atom is 0.242 e. The number of rotatable bonds is 13. The zero-order valence-electron chi connectivity index (χ0n) is 20.7. The molecule has 2 aromatic rings. The molecule has 2 aromatic carbocycles. The van der Waals surface area contributed by atoms with Crippen LogP contribution in [0, 0.1) is 0 Å². The van der Waals surface area contributed by atoms with Crippen molar-refractivity contribution in [1.82, 2.24) is 10.2 Å². The third-order valence-corrected chi connectivity index (χ3v) is 7.16. The Balaban J connectivity index is 2.14. The fourth-order valence-electron chi connectivity index (χ4n) is 3.56. The molecule has 2 amide bonds. The molecule has 192 valence electrons. The Morgan fingerprint density at radius 2 is 1.83 bits per heavy atom. The molecule has 0 fully saturated rings. The van der Waals surface area contributed by atoms with E-state index in [-0.39, 0.29) is 31.3 Å². The van der Waals surface area contributed by atoms with Crippen LogP contribution in [-0.4, -0.2) is 57.6 Å². The smallest absolute Gasteiger partial charge is 0.242 e. The summed E-state index contributed by atoms with van der Waals surface area (Å²) in [5, 5.41) is 2.85. The van der Waals surface area contributed by atoms with Gasteiger partial charge in [0.05, 0.1) is 19.1 Å². The SMILES string of the molecule is CCCNC(=O)[C@H](C)N(Cc1cccc(Br)c1)C(=O)CCCN(c1ccc(OC)cc1)S(C)(=O)=O. The molecule has 10 heteroatoms. The molecule has 0 aromatic heterocycles. The molecule has 0 radical (unpaired) electrons. The number of anilines is 1. The highest BCUT2D eigenvalue weighted by molar-refractivity contribution is 9.10. The van der Waals surface area contributed by atoms with Crippen molar-refractivity contribution in [3.8, 4) is 5.75 Å². The second kappa shape index (κ2) is 13.5. The van der Waals surface area contributed by atoms with Crippen molar-refractivity contribution < 1.29 is 22.7 Å². The highest BCUT2D eigenvalue weighted by atomic mass is 79.9. The molecule has 2 rings (SSSR count). The first-order valence-electron chi connectivity index (χ1n) is 11.5. The van der Waals surface area contributed by atoms with Gasteiger partial charge in [-0.2, -0.15) is 0 Å². The number of carbonyl (C=O) groups is 2. The van der Waals surface area contributed by atoms with Crippen molar-refractivity contribution in [3.63, 3.8) is 0 Å². The number of carbonyl (C=O) groups excluding carboxylic acids is 2. The van der Waals surface area contributed by atoms with Gasteiger partial charge in [-0.15, -0.1) is 0 Å². The van der Waals surface area contributed by atoms with E-state index in [0.717, 1.165) is 22.7 Å². The normalized spacial score (nSPS) is 12.0. The van der Waals surface area contributed by atoms with Crippen molar-refractivity contribution in [1.29, 1.82) is 0 Å². The molecule has 1 N–H and O–H groups in total. The minimum atomic E-state index is -3.55. The van der Waals surface area contributed by atoms with Crippen molar-refractivity contribution in [3.05, 3.63) is 58.6 Å². The van der Waals surface area contributed by atoms with Gasteiger partial charge in [0.2, 0.25) is 21.8 Å². The number of hydrogen-bond acceptors (Lipinski definition) is 5. The predicted molar refractivity (Wildman–Crippen MR) is 142 cm³/mol. The van der Waals surface area contributed by atoms with E-state index in [0.29, 0.717) is 24.4 Å². The number of nitrogens with zero attached hydrogens (tertiary/aromatic N) is 2. The summed E-state index contributed by atoms with van der Waals surface area (Å²) in [6.07, 6.45) is 2.33. The minimum absolute atomic E-state index is 0.0988. The predicted octanol–water partition coefficient (Wildman–Crippen LogP) is 3.95. The Hall–Kier alpha value is -2.59. The van der Waals surface area contributed by atoms with Crippen LogP contribution in [0.1, 0.15) is 38.7 Å². The lowest BCUT2D eigenvalue weighted by Crippen LogP contribution is -2.47. The largest absolute Gasteiger partial charge is 0.497 e. The van der Waals surface area contributed by atoms with Crippen LogP contribution in [0.5, 0.6) is 5.75 Å². The van der Waals surface area contributed by atoms with E-state index in [4.69, 9.17) is 4.74 Å². The van der Waals surface area contributed by atoms with Gasteiger partial charge in [-0.1, -0.05) is 35.0 Å². The lowest BCUT2D eigenvalue weighted by Gasteiger charge is -2.29. The molecule has 0 spiro atoms. The molecule has 0 saturated carbocycles. The summed E-state index contributed by atoms with van der Waals surface area (Å²) >= 11 is 3.44. The molecule has 0 aliphatic carbocycles. The number of methoxy groups -OCH3 is 1. The van der Waals surface area contributed by atoms with Crippen LogP contribution in [-0.2, 0) is 26.2 Å². The lowest BCUT2D eigenvalue weighted by atomic mass is 10.1. The maximum atomic E-state index is 13.3. The van der Waals surface area contributed by atoms with E-state index in [2.05, 4.69) is 21.2 Å². The van der Waals surface area contributed by atoms with Crippen LogP contribution in [0.25, 0.3) is 0 Å². The fourth-order valence-corrected chi connectivity index (χ4v) is 4.97. The molecule has 0 unspecified atom stereocenters. The zero-order valence-corrected chi connectivity index (χ0v) is 23.1. The summed E-state index contributed by atoms with van der Waals surface area (Å²) in [4.78, 5) is 27.4. The van der Waals surface area contributed by atoms with Crippen LogP contribution in [0.3, 0.4) is 0 Å². The van der Waals surface area contributed by atoms with Gasteiger partial charge in [0, 0.05) is 30.5 Å². The molecule has 0 aliphatic rings. The maximum absolute atomic E-state index is 13.3. The summed E-state index contributed by atoms with van der Waals surface area (Å²) in [6, 6.07) is 13.6. The number of sulfonamides is 1. The second-order valence-corrected chi connectivity index (χ2v) is 11.1. The van der Waals surface area contributed by atoms with Gasteiger partial charge in [-0.25, -0.2) is 8.42 Å². The van der Waals surface area contributed by atoms with E-state index in [1.54, 1.807) is 43.2 Å². The number of nitrogens with one attached hydrogen (secondary N) is 1. The zero-order chi connectivity index (χ0) is 26.0. The van der Waals surface area contributed by atoms with Gasteiger partial charge in [-0.3, -0.25) is 13.9 Å². The average molecular weight is 569 g/mol. The number of benzene rings is 2. The van der Waals surface area contributed by atoms with Gasteiger partial charge in [0.25, 0.3) is 0 Å². The van der Waals surface area contributed by atoms with Crippen molar-refractivity contribution >= 4 is 43.5 Å². The topological polar surface area (TPSA) is 96.0 Å². The third-order valence-electron chi connectivity index (χ3n) is 5.47. The van der Waals surface area contributed by atoms with Crippen molar-refractivity contribution in [2.75, 3.05) is 30.8 Å². The quantitative estimate of drug-likeness (QED) is 0.395. The summed E-state index contributed by atoms with van der Waals surface area (Å²) in [7, 11) is -2.01. The Bertz CT molecular complexity index is 1090. The van der Waals surface area contributed by atoms with E-state index in [1.807, 2.05) is 31.2 Å². The van der Waals surface area contributed by atoms with Gasteiger partial charge in [0.15, 0.2) is 0 Å². The molecule has 0 saturated heterocycles. The standard InChI is InChI=1S/C25H34BrN3O5S/c1-5-15-27-25(31)19(2)28(18-20-8-6-9-21(26)17-20)24(30)10-7-16-29(35(4,32)33)22-11-13-23(34-3)14-12-22/h6,8-9,11-14,17,19H,5,7,10,15-16,18H2,1-4H3,(H,27,31)/t19-/m0/s1. The molecular formula is C25H34BrN3O5S. The molecule has 0 heterocycles. The number of ether oxygens (including phenoxy) is 1. The molecule has 1 atom stereocenters. The first kappa shape index (κ1) is 28.6. The fraction of sp³-hybridized carbons (Fsp3) is 0.440. The first-order valence-corrected chi connectivity index (χ1v) is 14.1. The third kappa shape index (κ3) is 8.85. The van der Waals surface area contributed by atoms with Crippen molar-refractivity contribution in [2.24, 2.45) is 0 Å². The Morgan fingerprint density at radius 1 is 1.14 bits per heavy atom. The highest BCUT2D eigenvalue weighted by Crippen LogP contribution is 2.22. The highest BCUT2D eigenvalue weighted by Gasteiger charge is 2.26. The van der Waals surface area contributed by atoms with Crippen molar-refractivity contribution in [2.45, 2.75) is 45.7 Å². The molecule has 0 bridgehead atoms. The van der Waals surface area contributed by atoms with Crippen LogP contribution in [0.15, 0.2) is 53.0 Å². The monoisotopic (exact) mass is 567 g/mol. The van der Waals surface area contributed by atoms with E-state index >= 15 is 0 Å². The Morgan fingerprint density at radius 3 is 2.40 bits per heavy atom. The number of halogens is 1. The van der Waals surface area contributed by atoms with E-state index < -0.39 is 16.1 Å². The minimum Gasteiger partial charge on any atom is -0.497 e. The summed E-state index contributed by atoms with van der Waals surface area (Å²) in [5.74, 6) is 0.189. The summed E-state index contributed by atoms with van der Waals surface area (Å²) in [5.41, 5.74) is 1.39. The van der Waals surface area contributed by atoms with Gasteiger partial charge < -0.3 is 15.0 Å². The number of hydrogen-bond donors (Lipinski definition) is 1. The molecule has 0 aliphatic heterocycles. The van der Waals surface area contributed by atoms with E-state index in [9.17, 15) is 18.0 Å². The van der Waals surface area contributed by atoms with Gasteiger partial charge in [0.1, 0.15) is 11.8 Å². The van der Waals surface area contributed by atoms with Crippen LogP contribution >= 0.6 is 15.9 Å². The van der Waals surface area contributed by atoms with Crippen LogP contribution < -0.4 is 14.4 Å². The number of amides is 2. The van der Waals surface area contributed by atoms with Crippen LogP contribution in [0.2, 0.25) is 0 Å². The molecule has 35 heavy (non-hydrogen) atoms. The Labute approximate surface area is 216 Å². The summed E-state index contributed by atoms with van der Waals surface area (Å²) < 4.78 is 32.1. The molecule has 8 nitrogen and oxygen atoms in total. The summed E-state index contributed by atoms with van der Waals surface area (Å²) in [6.45, 7) is 4.62. The second-order valence-electron chi connectivity index (χ2n) is 8.26. The van der Waals surface area contributed by atoms with Gasteiger partial charge >= 0.3 is 0 Å². The average Bonchev–Trinajstić information content (AvgIpc) is 2.82. The van der Waals surface area contributed by atoms with Gasteiger partial charge in [-0.05, 0) is 61.7 Å². The lowest BCUT2D eigenvalue weighted by molar-refractivity contribution is -0.140. The van der Waals surface area contributed by atoms with Crippen LogP contribution in [0.4, 0.5) is 5.69 Å². The Kier molecular flexibility index (Phi) is 11.0. The first-order chi connectivity index (χ1) is 16.6. The molecular weight excluding hydrogens is 534 g/mol. The van der Waals surface area contributed by atoms with E-state index in [1.165, 1.54) is 4.31 Å².